The lowest BCUT2D eigenvalue weighted by atomic mass is 10.0. The fourth-order valence-electron chi connectivity index (χ4n) is 1.36. The van der Waals surface area contributed by atoms with Gasteiger partial charge in [0.2, 0.25) is 5.91 Å². The van der Waals surface area contributed by atoms with Crippen LogP contribution in [0.2, 0.25) is 0 Å². The fourth-order valence-corrected chi connectivity index (χ4v) is 1.36. The van der Waals surface area contributed by atoms with E-state index in [1.165, 1.54) is 0 Å². The van der Waals surface area contributed by atoms with E-state index >= 15 is 0 Å². The van der Waals surface area contributed by atoms with Gasteiger partial charge in [0.1, 0.15) is 12.6 Å². The standard InChI is InChI=1S/C12H23NO5/c1-4-17-5-6-18-8-11(14)13-10(12(15)16)7-9(2)3/h9-10H,4-8H2,1-3H3,(H,13,14)(H,15,16). The Hall–Kier alpha value is -1.14. The number of carboxylic acids is 1. The summed E-state index contributed by atoms with van der Waals surface area (Å²) in [6.07, 6.45) is 0.403. The van der Waals surface area contributed by atoms with Crippen molar-refractivity contribution in [2.45, 2.75) is 33.2 Å². The van der Waals surface area contributed by atoms with Gasteiger partial charge in [0.25, 0.3) is 0 Å². The van der Waals surface area contributed by atoms with Crippen LogP contribution in [0.5, 0.6) is 0 Å². The summed E-state index contributed by atoms with van der Waals surface area (Å²) < 4.78 is 10.1. The predicted octanol–water partition coefficient (Wildman–Crippen LogP) is 0.655. The van der Waals surface area contributed by atoms with E-state index in [0.717, 1.165) is 0 Å². The molecule has 0 aliphatic heterocycles. The molecule has 18 heavy (non-hydrogen) atoms. The van der Waals surface area contributed by atoms with E-state index in [4.69, 9.17) is 14.6 Å². The van der Waals surface area contributed by atoms with Crippen LogP contribution in [0.1, 0.15) is 27.2 Å². The topological polar surface area (TPSA) is 84.9 Å². The number of rotatable bonds is 10. The first-order valence-electron chi connectivity index (χ1n) is 6.15. The zero-order chi connectivity index (χ0) is 14.0. The zero-order valence-corrected chi connectivity index (χ0v) is 11.3. The van der Waals surface area contributed by atoms with Gasteiger partial charge in [-0.05, 0) is 19.3 Å². The van der Waals surface area contributed by atoms with Crippen molar-refractivity contribution in [2.75, 3.05) is 26.4 Å². The van der Waals surface area contributed by atoms with Gasteiger partial charge in [-0.3, -0.25) is 4.79 Å². The van der Waals surface area contributed by atoms with E-state index in [1.54, 1.807) is 0 Å². The van der Waals surface area contributed by atoms with Crippen molar-refractivity contribution >= 4 is 11.9 Å². The van der Waals surface area contributed by atoms with Crippen LogP contribution in [0.15, 0.2) is 0 Å². The fraction of sp³-hybridized carbons (Fsp3) is 0.833. The molecule has 0 saturated carbocycles. The number of carbonyl (C=O) groups is 2. The summed E-state index contributed by atoms with van der Waals surface area (Å²) in [6.45, 7) is 6.89. The lowest BCUT2D eigenvalue weighted by Gasteiger charge is -2.16. The number of hydrogen-bond donors (Lipinski definition) is 2. The highest BCUT2D eigenvalue weighted by atomic mass is 16.5. The lowest BCUT2D eigenvalue weighted by molar-refractivity contribution is -0.143. The quantitative estimate of drug-likeness (QED) is 0.564. The second-order valence-electron chi connectivity index (χ2n) is 4.34. The van der Waals surface area contributed by atoms with Gasteiger partial charge in [-0.2, -0.15) is 0 Å². The van der Waals surface area contributed by atoms with Crippen molar-refractivity contribution in [2.24, 2.45) is 5.92 Å². The Balaban J connectivity index is 3.85. The van der Waals surface area contributed by atoms with E-state index < -0.39 is 17.9 Å². The monoisotopic (exact) mass is 261 g/mol. The normalized spacial score (nSPS) is 12.4. The molecule has 0 aromatic rings. The molecule has 6 nitrogen and oxygen atoms in total. The molecule has 0 aromatic carbocycles. The second-order valence-corrected chi connectivity index (χ2v) is 4.34. The molecule has 0 bridgehead atoms. The third-order valence-electron chi connectivity index (χ3n) is 2.15. The Morgan fingerprint density at radius 1 is 1.22 bits per heavy atom. The minimum atomic E-state index is -1.02. The van der Waals surface area contributed by atoms with Gasteiger partial charge in [-0.25, -0.2) is 4.79 Å². The Morgan fingerprint density at radius 3 is 2.33 bits per heavy atom. The molecular formula is C12H23NO5. The van der Waals surface area contributed by atoms with Gasteiger partial charge in [-0.1, -0.05) is 13.8 Å². The Kier molecular flexibility index (Phi) is 9.22. The van der Waals surface area contributed by atoms with Gasteiger partial charge >= 0.3 is 5.97 Å². The molecule has 0 radical (unpaired) electrons. The van der Waals surface area contributed by atoms with Crippen LogP contribution in [0.25, 0.3) is 0 Å². The summed E-state index contributed by atoms with van der Waals surface area (Å²) >= 11 is 0. The molecule has 1 unspecified atom stereocenters. The van der Waals surface area contributed by atoms with Gasteiger partial charge in [0.15, 0.2) is 0 Å². The van der Waals surface area contributed by atoms with E-state index in [9.17, 15) is 9.59 Å². The maximum Gasteiger partial charge on any atom is 0.326 e. The van der Waals surface area contributed by atoms with Crippen LogP contribution in [-0.2, 0) is 19.1 Å². The number of hydrogen-bond acceptors (Lipinski definition) is 4. The van der Waals surface area contributed by atoms with Crippen LogP contribution in [-0.4, -0.2) is 49.5 Å². The van der Waals surface area contributed by atoms with Crippen LogP contribution >= 0.6 is 0 Å². The van der Waals surface area contributed by atoms with Crippen molar-refractivity contribution in [3.05, 3.63) is 0 Å². The van der Waals surface area contributed by atoms with E-state index in [0.29, 0.717) is 26.2 Å². The van der Waals surface area contributed by atoms with Crippen LogP contribution < -0.4 is 5.32 Å². The number of ether oxygens (including phenoxy) is 2. The number of aliphatic carboxylic acids is 1. The Bertz CT molecular complexity index is 255. The van der Waals surface area contributed by atoms with Crippen molar-refractivity contribution in [1.82, 2.24) is 5.32 Å². The van der Waals surface area contributed by atoms with Crippen LogP contribution in [0.3, 0.4) is 0 Å². The van der Waals surface area contributed by atoms with Crippen LogP contribution in [0.4, 0.5) is 0 Å². The van der Waals surface area contributed by atoms with Gasteiger partial charge < -0.3 is 19.9 Å². The van der Waals surface area contributed by atoms with Crippen molar-refractivity contribution < 1.29 is 24.2 Å². The molecule has 0 heterocycles. The summed E-state index contributed by atoms with van der Waals surface area (Å²) in [5.74, 6) is -1.24. The highest BCUT2D eigenvalue weighted by molar-refractivity contribution is 5.84. The molecule has 2 N–H and O–H groups in total. The van der Waals surface area contributed by atoms with Gasteiger partial charge in [0, 0.05) is 6.61 Å². The maximum absolute atomic E-state index is 11.4. The minimum absolute atomic E-state index is 0.144. The number of amides is 1. The van der Waals surface area contributed by atoms with Crippen molar-refractivity contribution in [1.29, 1.82) is 0 Å². The molecular weight excluding hydrogens is 238 g/mol. The van der Waals surface area contributed by atoms with E-state index in [-0.39, 0.29) is 12.5 Å². The molecule has 0 aromatic heterocycles. The summed E-state index contributed by atoms with van der Waals surface area (Å²) in [7, 11) is 0. The van der Waals surface area contributed by atoms with Crippen molar-refractivity contribution in [3.63, 3.8) is 0 Å². The summed E-state index contributed by atoms with van der Waals surface area (Å²) in [5, 5.41) is 11.4. The maximum atomic E-state index is 11.4. The smallest absolute Gasteiger partial charge is 0.326 e. The first-order valence-corrected chi connectivity index (χ1v) is 6.15. The third kappa shape index (κ3) is 8.95. The summed E-state index contributed by atoms with van der Waals surface area (Å²) in [5.41, 5.74) is 0. The van der Waals surface area contributed by atoms with Crippen molar-refractivity contribution in [3.8, 4) is 0 Å². The highest BCUT2D eigenvalue weighted by Gasteiger charge is 2.20. The number of carboxylic acid groups (broad SMARTS) is 1. The van der Waals surface area contributed by atoms with E-state index in [2.05, 4.69) is 5.32 Å². The molecule has 1 amide bonds. The number of nitrogens with one attached hydrogen (secondary N) is 1. The largest absolute Gasteiger partial charge is 0.480 e. The molecule has 6 heteroatoms. The molecule has 0 saturated heterocycles. The SMILES string of the molecule is CCOCCOCC(=O)NC(CC(C)C)C(=O)O. The summed E-state index contributed by atoms with van der Waals surface area (Å²) in [6, 6.07) is -0.854. The van der Waals surface area contributed by atoms with Gasteiger partial charge in [-0.15, -0.1) is 0 Å². The molecule has 1 atom stereocenters. The third-order valence-corrected chi connectivity index (χ3v) is 2.15. The second kappa shape index (κ2) is 9.85. The Labute approximate surface area is 108 Å². The molecule has 0 aliphatic rings. The molecule has 0 spiro atoms. The van der Waals surface area contributed by atoms with Gasteiger partial charge in [0.05, 0.1) is 13.2 Å². The average Bonchev–Trinajstić information content (AvgIpc) is 2.27. The van der Waals surface area contributed by atoms with E-state index in [1.807, 2.05) is 20.8 Å². The predicted molar refractivity (Wildman–Crippen MR) is 66.3 cm³/mol. The molecule has 0 aliphatic carbocycles. The molecule has 0 rings (SSSR count). The molecule has 0 fully saturated rings. The minimum Gasteiger partial charge on any atom is -0.480 e. The highest BCUT2D eigenvalue weighted by Crippen LogP contribution is 2.04. The van der Waals surface area contributed by atoms with Crippen LogP contribution in [0, 0.1) is 5.92 Å². The Morgan fingerprint density at radius 2 is 1.83 bits per heavy atom. The summed E-state index contributed by atoms with van der Waals surface area (Å²) in [4.78, 5) is 22.3. The first kappa shape index (κ1) is 16.9. The first-order chi connectivity index (χ1) is 8.47. The lowest BCUT2D eigenvalue weighted by Crippen LogP contribution is -2.43. The average molecular weight is 261 g/mol. The number of carbonyl (C=O) groups excluding carboxylic acids is 1. The molecule has 106 valence electrons. The zero-order valence-electron chi connectivity index (χ0n) is 11.3.